The van der Waals surface area contributed by atoms with Crippen molar-refractivity contribution in [3.63, 3.8) is 0 Å². The zero-order chi connectivity index (χ0) is 13.1. The molecule has 0 heterocycles. The molecule has 0 spiro atoms. The molecule has 0 aliphatic heterocycles. The van der Waals surface area contributed by atoms with Crippen molar-refractivity contribution in [2.45, 2.75) is 38.9 Å². The van der Waals surface area contributed by atoms with Crippen molar-refractivity contribution in [2.75, 3.05) is 18.7 Å². The van der Waals surface area contributed by atoms with Crippen molar-refractivity contribution in [3.05, 3.63) is 30.3 Å². The van der Waals surface area contributed by atoms with Crippen molar-refractivity contribution in [1.82, 2.24) is 0 Å². The van der Waals surface area contributed by atoms with Gasteiger partial charge in [-0.1, -0.05) is 39.0 Å². The molecule has 1 aromatic carbocycles. The van der Waals surface area contributed by atoms with Crippen LogP contribution in [-0.4, -0.2) is 22.1 Å². The predicted molar refractivity (Wildman–Crippen MR) is 78.0 cm³/mol. The minimum Gasteiger partial charge on any atom is -0.400 e. The average Bonchev–Trinajstić information content (AvgIpc) is 2.25. The fraction of sp³-hybridized carbons (Fsp3) is 0.571. The van der Waals surface area contributed by atoms with Crippen LogP contribution < -0.4 is 4.90 Å². The van der Waals surface area contributed by atoms with Crippen LogP contribution in [-0.2, 0) is 4.43 Å². The Labute approximate surface area is 107 Å². The van der Waals surface area contributed by atoms with Crippen LogP contribution in [0.25, 0.3) is 0 Å². The molecule has 0 fully saturated rings. The van der Waals surface area contributed by atoms with Crippen molar-refractivity contribution in [3.8, 4) is 0 Å². The zero-order valence-electron chi connectivity index (χ0n) is 11.9. The largest absolute Gasteiger partial charge is 0.400 e. The van der Waals surface area contributed by atoms with Gasteiger partial charge in [0.05, 0.1) is 0 Å². The highest BCUT2D eigenvalue weighted by Crippen LogP contribution is 2.36. The van der Waals surface area contributed by atoms with Gasteiger partial charge in [-0.15, -0.1) is 0 Å². The molecule has 0 unspecified atom stereocenters. The summed E-state index contributed by atoms with van der Waals surface area (Å²) in [5.41, 5.74) is 1.20. The van der Waals surface area contributed by atoms with Gasteiger partial charge in [0.15, 0.2) is 8.32 Å². The Morgan fingerprint density at radius 1 is 1.12 bits per heavy atom. The molecule has 0 N–H and O–H groups in total. The smallest absolute Gasteiger partial charge is 0.194 e. The van der Waals surface area contributed by atoms with E-state index in [0.29, 0.717) is 6.73 Å². The zero-order valence-corrected chi connectivity index (χ0v) is 12.9. The first-order valence-corrected chi connectivity index (χ1v) is 9.05. The molecule has 0 aliphatic carbocycles. The quantitative estimate of drug-likeness (QED) is 0.590. The molecule has 1 aromatic rings. The first-order valence-electron chi connectivity index (χ1n) is 6.14. The molecule has 1 rings (SSSR count). The Hall–Kier alpha value is -0.803. The van der Waals surface area contributed by atoms with E-state index in [-0.39, 0.29) is 5.04 Å². The van der Waals surface area contributed by atoms with Gasteiger partial charge in [0.25, 0.3) is 0 Å². The Morgan fingerprint density at radius 2 is 1.65 bits per heavy atom. The molecule has 0 amide bonds. The average molecular weight is 251 g/mol. The number of anilines is 1. The number of rotatable bonds is 4. The molecule has 3 heteroatoms. The van der Waals surface area contributed by atoms with Crippen LogP contribution in [0.5, 0.6) is 0 Å². The van der Waals surface area contributed by atoms with E-state index in [1.165, 1.54) is 5.69 Å². The second kappa shape index (κ2) is 5.23. The monoisotopic (exact) mass is 251 g/mol. The summed E-state index contributed by atoms with van der Waals surface area (Å²) in [6, 6.07) is 10.4. The van der Waals surface area contributed by atoms with Gasteiger partial charge in [0, 0.05) is 12.7 Å². The fourth-order valence-electron chi connectivity index (χ4n) is 1.23. The van der Waals surface area contributed by atoms with Gasteiger partial charge in [-0.2, -0.15) is 0 Å². The van der Waals surface area contributed by atoms with E-state index in [1.54, 1.807) is 0 Å². The summed E-state index contributed by atoms with van der Waals surface area (Å²) in [5, 5.41) is 0.268. The van der Waals surface area contributed by atoms with Gasteiger partial charge in [0.1, 0.15) is 6.73 Å². The third-order valence-corrected chi connectivity index (χ3v) is 8.09. The lowest BCUT2D eigenvalue weighted by Gasteiger charge is -2.37. The van der Waals surface area contributed by atoms with Crippen LogP contribution in [0.1, 0.15) is 20.8 Å². The van der Waals surface area contributed by atoms with Crippen molar-refractivity contribution in [1.29, 1.82) is 0 Å². The van der Waals surface area contributed by atoms with E-state index in [4.69, 9.17) is 4.43 Å². The third-order valence-electron chi connectivity index (χ3n) is 3.62. The molecule has 0 atom stereocenters. The van der Waals surface area contributed by atoms with E-state index in [9.17, 15) is 0 Å². The molecular weight excluding hydrogens is 226 g/mol. The first-order chi connectivity index (χ1) is 7.74. The van der Waals surface area contributed by atoms with Crippen LogP contribution in [0.3, 0.4) is 0 Å². The summed E-state index contributed by atoms with van der Waals surface area (Å²) < 4.78 is 6.17. The second-order valence-electron chi connectivity index (χ2n) is 6.07. The lowest BCUT2D eigenvalue weighted by molar-refractivity contribution is 0.291. The van der Waals surface area contributed by atoms with E-state index in [2.05, 4.69) is 70.1 Å². The number of hydrogen-bond acceptors (Lipinski definition) is 2. The van der Waals surface area contributed by atoms with Crippen molar-refractivity contribution >= 4 is 14.0 Å². The summed E-state index contributed by atoms with van der Waals surface area (Å²) >= 11 is 0. The predicted octanol–water partition coefficient (Wildman–Crippen LogP) is 4.10. The first kappa shape index (κ1) is 14.3. The van der Waals surface area contributed by atoms with Gasteiger partial charge in [0.2, 0.25) is 0 Å². The normalized spacial score (nSPS) is 12.6. The van der Waals surface area contributed by atoms with Gasteiger partial charge in [-0.3, -0.25) is 0 Å². The highest BCUT2D eigenvalue weighted by molar-refractivity contribution is 6.74. The maximum atomic E-state index is 6.17. The Kier molecular flexibility index (Phi) is 4.39. The molecule has 0 radical (unpaired) electrons. The lowest BCUT2D eigenvalue weighted by atomic mass is 10.2. The minimum atomic E-state index is -1.64. The minimum absolute atomic E-state index is 0.268. The summed E-state index contributed by atoms with van der Waals surface area (Å²) in [5.74, 6) is 0. The van der Waals surface area contributed by atoms with Crippen LogP contribution >= 0.6 is 0 Å². The van der Waals surface area contributed by atoms with Crippen LogP contribution in [0.2, 0.25) is 18.1 Å². The van der Waals surface area contributed by atoms with Crippen LogP contribution in [0.4, 0.5) is 5.69 Å². The van der Waals surface area contributed by atoms with E-state index in [0.717, 1.165) is 0 Å². The topological polar surface area (TPSA) is 12.5 Å². The molecule has 0 bridgehead atoms. The number of hydrogen-bond donors (Lipinski definition) is 0. The van der Waals surface area contributed by atoms with Crippen LogP contribution in [0, 0.1) is 0 Å². The molecule has 96 valence electrons. The van der Waals surface area contributed by atoms with Gasteiger partial charge in [-0.05, 0) is 30.3 Å². The van der Waals surface area contributed by atoms with Gasteiger partial charge >= 0.3 is 0 Å². The molecular formula is C14H25NOSi. The van der Waals surface area contributed by atoms with Crippen LogP contribution in [0.15, 0.2) is 30.3 Å². The third kappa shape index (κ3) is 3.86. The Morgan fingerprint density at radius 3 is 2.12 bits per heavy atom. The molecule has 0 aliphatic rings. The van der Waals surface area contributed by atoms with E-state index < -0.39 is 8.32 Å². The highest BCUT2D eigenvalue weighted by Gasteiger charge is 2.37. The SMILES string of the molecule is CN(CO[Si](C)(C)C(C)(C)C)c1ccccc1. The summed E-state index contributed by atoms with van der Waals surface area (Å²) in [4.78, 5) is 2.15. The fourth-order valence-corrected chi connectivity index (χ4v) is 2.18. The summed E-state index contributed by atoms with van der Waals surface area (Å²) in [6.45, 7) is 12.0. The van der Waals surface area contributed by atoms with E-state index >= 15 is 0 Å². The lowest BCUT2D eigenvalue weighted by Crippen LogP contribution is -2.43. The number of para-hydroxylation sites is 1. The molecule has 17 heavy (non-hydrogen) atoms. The maximum absolute atomic E-state index is 6.17. The maximum Gasteiger partial charge on any atom is 0.194 e. The molecule has 0 aromatic heterocycles. The molecule has 0 saturated carbocycles. The van der Waals surface area contributed by atoms with Gasteiger partial charge in [-0.25, -0.2) is 0 Å². The molecule has 2 nitrogen and oxygen atoms in total. The number of benzene rings is 1. The number of nitrogens with zero attached hydrogens (tertiary/aromatic N) is 1. The summed E-state index contributed by atoms with van der Waals surface area (Å²) in [6.07, 6.45) is 0. The van der Waals surface area contributed by atoms with Crippen molar-refractivity contribution < 1.29 is 4.43 Å². The summed E-state index contributed by atoms with van der Waals surface area (Å²) in [7, 11) is 0.430. The second-order valence-corrected chi connectivity index (χ2v) is 10.9. The van der Waals surface area contributed by atoms with Crippen molar-refractivity contribution in [2.24, 2.45) is 0 Å². The Balaban J connectivity index is 2.58. The van der Waals surface area contributed by atoms with Gasteiger partial charge < -0.3 is 9.33 Å². The highest BCUT2D eigenvalue weighted by atomic mass is 28.4. The Bertz CT molecular complexity index is 343. The van der Waals surface area contributed by atoms with E-state index in [1.807, 2.05) is 6.07 Å². The standard InChI is InChI=1S/C14H25NOSi/c1-14(2,3)17(5,6)16-12-15(4)13-10-8-7-9-11-13/h7-11H,12H2,1-6H3. The molecule has 0 saturated heterocycles.